The van der Waals surface area contributed by atoms with E-state index in [1.54, 1.807) is 0 Å². The van der Waals surface area contributed by atoms with E-state index < -0.39 is 0 Å². The van der Waals surface area contributed by atoms with Crippen molar-refractivity contribution in [3.63, 3.8) is 0 Å². The standard InChI is InChI=1S/C15H21N3/c1-12(2)10-16-11-14-9-13(3)5-6-15(14)18-8-4-7-17-18/h4-9,12,16H,10-11H2,1-3H3. The molecule has 0 spiro atoms. The van der Waals surface area contributed by atoms with Gasteiger partial charge in [0.1, 0.15) is 0 Å². The van der Waals surface area contributed by atoms with Crippen molar-refractivity contribution in [1.82, 2.24) is 15.1 Å². The first kappa shape index (κ1) is 12.8. The lowest BCUT2D eigenvalue weighted by Gasteiger charge is -2.13. The largest absolute Gasteiger partial charge is 0.312 e. The van der Waals surface area contributed by atoms with Crippen molar-refractivity contribution in [2.75, 3.05) is 6.54 Å². The summed E-state index contributed by atoms with van der Waals surface area (Å²) < 4.78 is 1.92. The summed E-state index contributed by atoms with van der Waals surface area (Å²) in [5, 5.41) is 7.80. The van der Waals surface area contributed by atoms with Crippen LogP contribution in [0.4, 0.5) is 0 Å². The monoisotopic (exact) mass is 243 g/mol. The fourth-order valence-corrected chi connectivity index (χ4v) is 1.99. The molecule has 18 heavy (non-hydrogen) atoms. The van der Waals surface area contributed by atoms with Gasteiger partial charge in [-0.05, 0) is 37.1 Å². The molecule has 0 bridgehead atoms. The van der Waals surface area contributed by atoms with Crippen LogP contribution in [0.2, 0.25) is 0 Å². The van der Waals surface area contributed by atoms with Gasteiger partial charge >= 0.3 is 0 Å². The maximum atomic E-state index is 4.31. The van der Waals surface area contributed by atoms with Crippen LogP contribution in [-0.2, 0) is 6.54 Å². The molecule has 0 unspecified atom stereocenters. The van der Waals surface area contributed by atoms with E-state index >= 15 is 0 Å². The van der Waals surface area contributed by atoms with Gasteiger partial charge in [-0.1, -0.05) is 31.5 Å². The van der Waals surface area contributed by atoms with Crippen LogP contribution >= 0.6 is 0 Å². The molecule has 0 saturated heterocycles. The Morgan fingerprint density at radius 1 is 1.33 bits per heavy atom. The molecule has 2 rings (SSSR count). The Morgan fingerprint density at radius 3 is 2.83 bits per heavy atom. The smallest absolute Gasteiger partial charge is 0.0690 e. The summed E-state index contributed by atoms with van der Waals surface area (Å²) in [5.74, 6) is 0.669. The van der Waals surface area contributed by atoms with E-state index in [0.717, 1.165) is 18.8 Å². The topological polar surface area (TPSA) is 29.9 Å². The third-order valence-electron chi connectivity index (χ3n) is 2.85. The minimum atomic E-state index is 0.669. The van der Waals surface area contributed by atoms with Crippen LogP contribution in [0.5, 0.6) is 0 Å². The molecule has 3 heteroatoms. The lowest BCUT2D eigenvalue weighted by Crippen LogP contribution is -2.20. The van der Waals surface area contributed by atoms with Gasteiger partial charge in [0.15, 0.2) is 0 Å². The van der Waals surface area contributed by atoms with Crippen molar-refractivity contribution < 1.29 is 0 Å². The highest BCUT2D eigenvalue weighted by atomic mass is 15.3. The van der Waals surface area contributed by atoms with E-state index in [4.69, 9.17) is 0 Å². The van der Waals surface area contributed by atoms with Crippen molar-refractivity contribution in [3.8, 4) is 5.69 Å². The molecule has 1 aromatic heterocycles. The molecule has 0 amide bonds. The Kier molecular flexibility index (Phi) is 4.15. The van der Waals surface area contributed by atoms with Gasteiger partial charge in [0.2, 0.25) is 0 Å². The predicted molar refractivity (Wildman–Crippen MR) is 74.8 cm³/mol. The first-order valence-electron chi connectivity index (χ1n) is 6.47. The Balaban J connectivity index is 2.19. The third-order valence-corrected chi connectivity index (χ3v) is 2.85. The fraction of sp³-hybridized carbons (Fsp3) is 0.400. The maximum absolute atomic E-state index is 4.31. The van der Waals surface area contributed by atoms with Gasteiger partial charge in [-0.15, -0.1) is 0 Å². The Hall–Kier alpha value is -1.61. The Labute approximate surface area is 109 Å². The molecule has 1 aromatic carbocycles. The molecule has 96 valence electrons. The van der Waals surface area contributed by atoms with Crippen LogP contribution in [0.1, 0.15) is 25.0 Å². The van der Waals surface area contributed by atoms with Gasteiger partial charge in [0.25, 0.3) is 0 Å². The lowest BCUT2D eigenvalue weighted by atomic mass is 10.1. The van der Waals surface area contributed by atoms with Crippen molar-refractivity contribution in [1.29, 1.82) is 0 Å². The molecule has 0 radical (unpaired) electrons. The molecule has 1 N–H and O–H groups in total. The highest BCUT2D eigenvalue weighted by molar-refractivity contribution is 5.42. The average Bonchev–Trinajstić information content (AvgIpc) is 2.82. The van der Waals surface area contributed by atoms with E-state index in [2.05, 4.69) is 49.4 Å². The number of benzene rings is 1. The highest BCUT2D eigenvalue weighted by Crippen LogP contribution is 2.15. The van der Waals surface area contributed by atoms with E-state index in [1.165, 1.54) is 11.1 Å². The Bertz CT molecular complexity index is 486. The fourth-order valence-electron chi connectivity index (χ4n) is 1.99. The number of aromatic nitrogens is 2. The van der Waals surface area contributed by atoms with Gasteiger partial charge in [0.05, 0.1) is 5.69 Å². The number of aryl methyl sites for hydroxylation is 1. The number of nitrogens with zero attached hydrogens (tertiary/aromatic N) is 2. The molecule has 0 aliphatic carbocycles. The van der Waals surface area contributed by atoms with E-state index in [-0.39, 0.29) is 0 Å². The number of rotatable bonds is 5. The van der Waals surface area contributed by atoms with Crippen LogP contribution in [-0.4, -0.2) is 16.3 Å². The van der Waals surface area contributed by atoms with E-state index in [9.17, 15) is 0 Å². The van der Waals surface area contributed by atoms with Crippen molar-refractivity contribution >= 4 is 0 Å². The van der Waals surface area contributed by atoms with Gasteiger partial charge in [-0.3, -0.25) is 0 Å². The van der Waals surface area contributed by atoms with Crippen molar-refractivity contribution in [2.24, 2.45) is 5.92 Å². The third kappa shape index (κ3) is 3.20. The van der Waals surface area contributed by atoms with Crippen LogP contribution < -0.4 is 5.32 Å². The highest BCUT2D eigenvalue weighted by Gasteiger charge is 2.05. The molecule has 0 aliphatic heterocycles. The second kappa shape index (κ2) is 5.83. The van der Waals surface area contributed by atoms with Gasteiger partial charge in [-0.2, -0.15) is 5.10 Å². The van der Waals surface area contributed by atoms with Gasteiger partial charge in [0, 0.05) is 18.9 Å². The zero-order valence-corrected chi connectivity index (χ0v) is 11.4. The molecular weight excluding hydrogens is 222 g/mol. The molecular formula is C15H21N3. The summed E-state index contributed by atoms with van der Waals surface area (Å²) in [7, 11) is 0. The summed E-state index contributed by atoms with van der Waals surface area (Å²) in [6, 6.07) is 8.44. The molecule has 0 fully saturated rings. The second-order valence-electron chi connectivity index (χ2n) is 5.11. The summed E-state index contributed by atoms with van der Waals surface area (Å²) in [6.07, 6.45) is 3.79. The number of nitrogens with one attached hydrogen (secondary N) is 1. The lowest BCUT2D eigenvalue weighted by molar-refractivity contribution is 0.551. The summed E-state index contributed by atoms with van der Waals surface area (Å²) >= 11 is 0. The molecule has 2 aromatic rings. The first-order chi connectivity index (χ1) is 8.66. The number of hydrogen-bond donors (Lipinski definition) is 1. The Morgan fingerprint density at radius 2 is 2.17 bits per heavy atom. The minimum absolute atomic E-state index is 0.669. The van der Waals surface area contributed by atoms with E-state index in [1.807, 2.05) is 23.1 Å². The van der Waals surface area contributed by atoms with Gasteiger partial charge in [-0.25, -0.2) is 4.68 Å². The summed E-state index contributed by atoms with van der Waals surface area (Å²) in [4.78, 5) is 0. The first-order valence-corrected chi connectivity index (χ1v) is 6.47. The SMILES string of the molecule is Cc1ccc(-n2cccn2)c(CNCC(C)C)c1. The van der Waals surface area contributed by atoms with Crippen molar-refractivity contribution in [3.05, 3.63) is 47.8 Å². The molecule has 0 atom stereocenters. The summed E-state index contributed by atoms with van der Waals surface area (Å²) in [5.41, 5.74) is 3.73. The van der Waals surface area contributed by atoms with Crippen molar-refractivity contribution in [2.45, 2.75) is 27.3 Å². The maximum Gasteiger partial charge on any atom is 0.0690 e. The van der Waals surface area contributed by atoms with Crippen LogP contribution in [0.25, 0.3) is 5.69 Å². The quantitative estimate of drug-likeness (QED) is 0.875. The molecule has 3 nitrogen and oxygen atoms in total. The van der Waals surface area contributed by atoms with Gasteiger partial charge < -0.3 is 5.32 Å². The zero-order valence-electron chi connectivity index (χ0n) is 11.4. The number of hydrogen-bond acceptors (Lipinski definition) is 2. The van der Waals surface area contributed by atoms with E-state index in [0.29, 0.717) is 5.92 Å². The summed E-state index contributed by atoms with van der Waals surface area (Å²) in [6.45, 7) is 8.48. The van der Waals surface area contributed by atoms with Crippen LogP contribution in [0.3, 0.4) is 0 Å². The van der Waals surface area contributed by atoms with Crippen LogP contribution in [0, 0.1) is 12.8 Å². The predicted octanol–water partition coefficient (Wildman–Crippen LogP) is 2.93. The zero-order chi connectivity index (χ0) is 13.0. The molecule has 0 aliphatic rings. The second-order valence-corrected chi connectivity index (χ2v) is 5.11. The average molecular weight is 243 g/mol. The van der Waals surface area contributed by atoms with Crippen LogP contribution in [0.15, 0.2) is 36.7 Å². The normalized spacial score (nSPS) is 11.1. The molecule has 1 heterocycles. The minimum Gasteiger partial charge on any atom is -0.312 e. The molecule has 0 saturated carbocycles.